The van der Waals surface area contributed by atoms with E-state index in [9.17, 15) is 10.1 Å². The van der Waals surface area contributed by atoms with Gasteiger partial charge in [0.25, 0.3) is 5.69 Å². The van der Waals surface area contributed by atoms with E-state index in [1.54, 1.807) is 18.3 Å². The van der Waals surface area contributed by atoms with Gasteiger partial charge in [0, 0.05) is 30.9 Å². The summed E-state index contributed by atoms with van der Waals surface area (Å²) < 4.78 is 5.44. The maximum Gasteiger partial charge on any atom is 0.272 e. The molecule has 0 amide bonds. The standard InChI is InChI=1S/C12H9Cl2N3O3/c13-9-3-8(17(18)19)4-10(14)12(9)20-11-2-1-7(5-15)6-16-11/h1-4,6H,5,15H2. The molecule has 104 valence electrons. The van der Waals surface area contributed by atoms with Gasteiger partial charge in [0.05, 0.1) is 15.0 Å². The zero-order chi connectivity index (χ0) is 14.7. The van der Waals surface area contributed by atoms with Gasteiger partial charge in [-0.25, -0.2) is 4.98 Å². The molecule has 0 unspecified atom stereocenters. The zero-order valence-corrected chi connectivity index (χ0v) is 11.6. The topological polar surface area (TPSA) is 91.3 Å². The summed E-state index contributed by atoms with van der Waals surface area (Å²) in [4.78, 5) is 14.1. The molecule has 1 heterocycles. The Kier molecular flexibility index (Phi) is 4.39. The number of hydrogen-bond donors (Lipinski definition) is 1. The van der Waals surface area contributed by atoms with Gasteiger partial charge in [-0.05, 0) is 5.56 Å². The van der Waals surface area contributed by atoms with Crippen LogP contribution in [0.2, 0.25) is 10.0 Å². The Hall–Kier alpha value is -1.89. The second-order valence-corrected chi connectivity index (χ2v) is 4.62. The van der Waals surface area contributed by atoms with Gasteiger partial charge in [-0.3, -0.25) is 10.1 Å². The van der Waals surface area contributed by atoms with Crippen molar-refractivity contribution >= 4 is 28.9 Å². The number of hydrogen-bond acceptors (Lipinski definition) is 5. The Morgan fingerprint density at radius 1 is 1.30 bits per heavy atom. The number of nitro benzene ring substituents is 1. The van der Waals surface area contributed by atoms with Gasteiger partial charge in [-0.1, -0.05) is 29.3 Å². The molecule has 8 heteroatoms. The van der Waals surface area contributed by atoms with Crippen molar-refractivity contribution in [2.24, 2.45) is 5.73 Å². The summed E-state index contributed by atoms with van der Waals surface area (Å²) in [5.74, 6) is 0.381. The number of aromatic nitrogens is 1. The first-order chi connectivity index (χ1) is 9.51. The largest absolute Gasteiger partial charge is 0.436 e. The van der Waals surface area contributed by atoms with Crippen LogP contribution in [0.1, 0.15) is 5.56 Å². The van der Waals surface area contributed by atoms with Crippen LogP contribution in [0.25, 0.3) is 0 Å². The predicted molar refractivity (Wildman–Crippen MR) is 75.3 cm³/mol. The van der Waals surface area contributed by atoms with Crippen molar-refractivity contribution in [3.63, 3.8) is 0 Å². The molecule has 0 fully saturated rings. The summed E-state index contributed by atoms with van der Waals surface area (Å²) in [6.45, 7) is 0.367. The summed E-state index contributed by atoms with van der Waals surface area (Å²) in [5.41, 5.74) is 6.09. The van der Waals surface area contributed by atoms with Crippen molar-refractivity contribution in [2.75, 3.05) is 0 Å². The lowest BCUT2D eigenvalue weighted by Gasteiger charge is -2.08. The molecule has 0 saturated heterocycles. The van der Waals surface area contributed by atoms with Crippen molar-refractivity contribution in [3.8, 4) is 11.6 Å². The molecule has 0 bridgehead atoms. The Balaban J connectivity index is 2.30. The van der Waals surface area contributed by atoms with Gasteiger partial charge >= 0.3 is 0 Å². The van der Waals surface area contributed by atoms with E-state index in [2.05, 4.69) is 4.98 Å². The minimum atomic E-state index is -0.587. The maximum atomic E-state index is 10.7. The Morgan fingerprint density at radius 2 is 1.95 bits per heavy atom. The van der Waals surface area contributed by atoms with Crippen molar-refractivity contribution < 1.29 is 9.66 Å². The molecule has 0 aliphatic rings. The smallest absolute Gasteiger partial charge is 0.272 e. The summed E-state index contributed by atoms with van der Waals surface area (Å²) in [7, 11) is 0. The minimum Gasteiger partial charge on any atom is -0.436 e. The lowest BCUT2D eigenvalue weighted by molar-refractivity contribution is -0.384. The van der Waals surface area contributed by atoms with Crippen molar-refractivity contribution in [1.82, 2.24) is 4.98 Å². The first-order valence-corrected chi connectivity index (χ1v) is 6.23. The quantitative estimate of drug-likeness (QED) is 0.688. The highest BCUT2D eigenvalue weighted by atomic mass is 35.5. The van der Waals surface area contributed by atoms with E-state index in [0.29, 0.717) is 6.54 Å². The van der Waals surface area contributed by atoms with Crippen LogP contribution in [-0.4, -0.2) is 9.91 Å². The lowest BCUT2D eigenvalue weighted by atomic mass is 10.3. The first kappa shape index (κ1) is 14.5. The maximum absolute atomic E-state index is 10.7. The molecule has 0 aliphatic carbocycles. The van der Waals surface area contributed by atoms with Gasteiger partial charge in [0.2, 0.25) is 5.88 Å². The van der Waals surface area contributed by atoms with Crippen LogP contribution in [0, 0.1) is 10.1 Å². The second kappa shape index (κ2) is 6.04. The number of nitro groups is 1. The summed E-state index contributed by atoms with van der Waals surface area (Å²) in [5, 5.41) is 10.7. The number of rotatable bonds is 4. The van der Waals surface area contributed by atoms with E-state index in [-0.39, 0.29) is 27.4 Å². The molecule has 6 nitrogen and oxygen atoms in total. The Bertz CT molecular complexity index is 624. The molecule has 2 N–H and O–H groups in total. The van der Waals surface area contributed by atoms with Gasteiger partial charge in [-0.2, -0.15) is 0 Å². The number of non-ortho nitro benzene ring substituents is 1. The van der Waals surface area contributed by atoms with E-state index >= 15 is 0 Å². The molecule has 1 aromatic heterocycles. The highest BCUT2D eigenvalue weighted by Gasteiger charge is 2.16. The van der Waals surface area contributed by atoms with Crippen LogP contribution in [0.4, 0.5) is 5.69 Å². The highest BCUT2D eigenvalue weighted by molar-refractivity contribution is 6.37. The second-order valence-electron chi connectivity index (χ2n) is 3.81. The number of nitrogens with two attached hydrogens (primary N) is 1. The highest BCUT2D eigenvalue weighted by Crippen LogP contribution is 2.38. The normalized spacial score (nSPS) is 10.3. The monoisotopic (exact) mass is 313 g/mol. The third-order valence-electron chi connectivity index (χ3n) is 2.43. The molecule has 2 rings (SSSR count). The molecule has 1 aromatic carbocycles. The fraction of sp³-hybridized carbons (Fsp3) is 0.0833. The third-order valence-corrected chi connectivity index (χ3v) is 3.00. The average molecular weight is 314 g/mol. The number of pyridine rings is 1. The van der Waals surface area contributed by atoms with Gasteiger partial charge in [0.1, 0.15) is 0 Å². The van der Waals surface area contributed by atoms with E-state index < -0.39 is 4.92 Å². The predicted octanol–water partition coefficient (Wildman–Crippen LogP) is 3.55. The van der Waals surface area contributed by atoms with Gasteiger partial charge < -0.3 is 10.5 Å². The SMILES string of the molecule is NCc1ccc(Oc2c(Cl)cc([N+](=O)[O-])cc2Cl)nc1. The summed E-state index contributed by atoms with van der Waals surface area (Å²) in [6.07, 6.45) is 1.56. The van der Waals surface area contributed by atoms with E-state index in [0.717, 1.165) is 17.7 Å². The molecule has 0 saturated carbocycles. The molecule has 0 atom stereocenters. The number of nitrogens with zero attached hydrogens (tertiary/aromatic N) is 2. The summed E-state index contributed by atoms with van der Waals surface area (Å²) in [6, 6.07) is 5.68. The Labute approximate surface area is 124 Å². The molecule has 0 radical (unpaired) electrons. The average Bonchev–Trinajstić information content (AvgIpc) is 2.43. The molecule has 2 aromatic rings. The molecular weight excluding hydrogens is 305 g/mol. The number of benzene rings is 1. The van der Waals surface area contributed by atoms with Crippen LogP contribution in [0.5, 0.6) is 11.6 Å². The lowest BCUT2D eigenvalue weighted by Crippen LogP contribution is -1.97. The van der Waals surface area contributed by atoms with Crippen molar-refractivity contribution in [2.45, 2.75) is 6.54 Å². The van der Waals surface area contributed by atoms with Gasteiger partial charge in [0.15, 0.2) is 5.75 Å². The van der Waals surface area contributed by atoms with E-state index in [1.165, 1.54) is 0 Å². The van der Waals surface area contributed by atoms with Crippen molar-refractivity contribution in [3.05, 3.63) is 56.2 Å². The van der Waals surface area contributed by atoms with Crippen LogP contribution in [-0.2, 0) is 6.54 Å². The third kappa shape index (κ3) is 3.16. The zero-order valence-electron chi connectivity index (χ0n) is 10.0. The fourth-order valence-electron chi connectivity index (χ4n) is 1.45. The molecule has 0 aliphatic heterocycles. The summed E-state index contributed by atoms with van der Waals surface area (Å²) >= 11 is 11.9. The fourth-order valence-corrected chi connectivity index (χ4v) is 2.00. The van der Waals surface area contributed by atoms with Crippen LogP contribution in [0.3, 0.4) is 0 Å². The van der Waals surface area contributed by atoms with Crippen molar-refractivity contribution in [1.29, 1.82) is 0 Å². The van der Waals surface area contributed by atoms with E-state index in [1.807, 2.05) is 0 Å². The first-order valence-electron chi connectivity index (χ1n) is 5.47. The van der Waals surface area contributed by atoms with Gasteiger partial charge in [-0.15, -0.1) is 0 Å². The Morgan fingerprint density at radius 3 is 2.40 bits per heavy atom. The molecular formula is C12H9Cl2N3O3. The number of halogens is 2. The van der Waals surface area contributed by atoms with Crippen LogP contribution in [0.15, 0.2) is 30.5 Å². The van der Waals surface area contributed by atoms with Crippen LogP contribution < -0.4 is 10.5 Å². The van der Waals surface area contributed by atoms with Crippen LogP contribution >= 0.6 is 23.2 Å². The number of ether oxygens (including phenoxy) is 1. The van der Waals surface area contributed by atoms with E-state index in [4.69, 9.17) is 33.7 Å². The molecule has 20 heavy (non-hydrogen) atoms. The minimum absolute atomic E-state index is 0.0360. The molecule has 0 spiro atoms.